The Kier molecular flexibility index (Phi) is 4.16. The van der Waals surface area contributed by atoms with Crippen LogP contribution in [0.5, 0.6) is 0 Å². The summed E-state index contributed by atoms with van der Waals surface area (Å²) in [6.07, 6.45) is 4.15. The fourth-order valence-corrected chi connectivity index (χ4v) is 4.76. The molecule has 2 atom stereocenters. The van der Waals surface area contributed by atoms with Crippen molar-refractivity contribution in [3.8, 4) is 0 Å². The van der Waals surface area contributed by atoms with E-state index in [1.54, 1.807) is 17.2 Å². The van der Waals surface area contributed by atoms with Crippen molar-refractivity contribution in [1.29, 1.82) is 0 Å². The Morgan fingerprint density at radius 1 is 1.07 bits per heavy atom. The number of benzene rings is 2. The Morgan fingerprint density at radius 3 is 2.59 bits per heavy atom. The second-order valence-corrected chi connectivity index (χ2v) is 7.57. The van der Waals surface area contributed by atoms with Gasteiger partial charge in [-0.25, -0.2) is 0 Å². The maximum absolute atomic E-state index is 13.3. The summed E-state index contributed by atoms with van der Waals surface area (Å²) in [7, 11) is 0. The van der Waals surface area contributed by atoms with E-state index >= 15 is 0 Å². The van der Waals surface area contributed by atoms with Gasteiger partial charge < -0.3 is 14.8 Å². The molecule has 146 valence electrons. The number of hydrogen-bond acceptors (Lipinski definition) is 4. The third kappa shape index (κ3) is 2.73. The van der Waals surface area contributed by atoms with Gasteiger partial charge in [0.2, 0.25) is 11.8 Å². The number of hydrogen-bond donors (Lipinski definition) is 1. The van der Waals surface area contributed by atoms with Crippen LogP contribution < -0.4 is 5.32 Å². The van der Waals surface area contributed by atoms with Gasteiger partial charge in [0, 0.05) is 25.2 Å². The predicted molar refractivity (Wildman–Crippen MR) is 107 cm³/mol. The van der Waals surface area contributed by atoms with Gasteiger partial charge in [0.15, 0.2) is 0 Å². The average molecular weight is 387 g/mol. The van der Waals surface area contributed by atoms with Crippen molar-refractivity contribution < 1.29 is 9.59 Å². The number of carbonyl (C=O) groups excluding carboxylic acids is 2. The van der Waals surface area contributed by atoms with Crippen LogP contribution in [0.1, 0.15) is 30.0 Å². The molecule has 7 heteroatoms. The maximum Gasteiger partial charge on any atom is 0.237 e. The summed E-state index contributed by atoms with van der Waals surface area (Å²) in [5.41, 5.74) is 2.05. The topological polar surface area (TPSA) is 80.1 Å². The summed E-state index contributed by atoms with van der Waals surface area (Å²) in [5, 5.41) is 10.6. The Labute approximate surface area is 168 Å². The molecule has 2 amide bonds. The highest BCUT2D eigenvalue weighted by Gasteiger charge is 2.59. The molecule has 0 saturated carbocycles. The highest BCUT2D eigenvalue weighted by molar-refractivity contribution is 6.07. The van der Waals surface area contributed by atoms with E-state index in [9.17, 15) is 9.59 Å². The fraction of sp³-hybridized carbons (Fsp3) is 0.273. The number of likely N-dealkylation sites (tertiary alicyclic amines) is 1. The minimum absolute atomic E-state index is 0.0262. The van der Waals surface area contributed by atoms with Crippen LogP contribution in [0.25, 0.3) is 0 Å². The molecule has 2 aliphatic rings. The first kappa shape index (κ1) is 17.6. The Balaban J connectivity index is 1.54. The highest BCUT2D eigenvalue weighted by atomic mass is 16.2. The van der Waals surface area contributed by atoms with Gasteiger partial charge in [0.25, 0.3) is 0 Å². The maximum atomic E-state index is 13.3. The van der Waals surface area contributed by atoms with Crippen molar-refractivity contribution in [3.63, 3.8) is 0 Å². The molecule has 2 aromatic carbocycles. The molecule has 0 radical (unpaired) electrons. The number of amides is 2. The van der Waals surface area contributed by atoms with E-state index in [-0.39, 0.29) is 17.9 Å². The van der Waals surface area contributed by atoms with E-state index in [0.29, 0.717) is 25.9 Å². The van der Waals surface area contributed by atoms with Crippen molar-refractivity contribution in [2.75, 3.05) is 11.9 Å². The summed E-state index contributed by atoms with van der Waals surface area (Å²) in [6, 6.07) is 17.4. The summed E-state index contributed by atoms with van der Waals surface area (Å²) in [6.45, 7) is 1.06. The summed E-state index contributed by atoms with van der Waals surface area (Å²) in [4.78, 5) is 28.4. The number of anilines is 1. The first-order valence-electron chi connectivity index (χ1n) is 9.78. The van der Waals surface area contributed by atoms with Crippen LogP contribution >= 0.6 is 0 Å². The molecule has 0 aliphatic carbocycles. The molecule has 3 aromatic rings. The van der Waals surface area contributed by atoms with Crippen LogP contribution in [0, 0.1) is 0 Å². The fourth-order valence-electron chi connectivity index (χ4n) is 4.76. The largest absolute Gasteiger partial charge is 0.334 e. The van der Waals surface area contributed by atoms with Crippen molar-refractivity contribution in [2.45, 2.75) is 30.8 Å². The number of carbonyl (C=O) groups is 2. The molecule has 0 bridgehead atoms. The summed E-state index contributed by atoms with van der Waals surface area (Å²) < 4.78 is 1.79. The zero-order chi connectivity index (χ0) is 19.8. The molecule has 7 nitrogen and oxygen atoms in total. The van der Waals surface area contributed by atoms with Gasteiger partial charge in [-0.2, -0.15) is 0 Å². The first-order chi connectivity index (χ1) is 14.2. The number of nitrogens with one attached hydrogen (secondary N) is 1. The number of aromatic nitrogens is 3. The van der Waals surface area contributed by atoms with Gasteiger partial charge >= 0.3 is 0 Å². The van der Waals surface area contributed by atoms with Crippen LogP contribution in [0.15, 0.2) is 67.3 Å². The number of aryl methyl sites for hydroxylation is 1. The van der Waals surface area contributed by atoms with E-state index in [0.717, 1.165) is 16.8 Å². The second kappa shape index (κ2) is 6.84. The van der Waals surface area contributed by atoms with Crippen LogP contribution in [-0.4, -0.2) is 38.0 Å². The van der Waals surface area contributed by atoms with Crippen LogP contribution in [0.4, 0.5) is 5.69 Å². The lowest BCUT2D eigenvalue weighted by molar-refractivity contribution is -0.133. The molecule has 1 N–H and O–H groups in total. The molecule has 1 fully saturated rings. The van der Waals surface area contributed by atoms with E-state index in [1.165, 1.54) is 0 Å². The van der Waals surface area contributed by atoms with E-state index in [1.807, 2.05) is 59.5 Å². The first-order valence-corrected chi connectivity index (χ1v) is 9.78. The van der Waals surface area contributed by atoms with Crippen molar-refractivity contribution in [2.24, 2.45) is 0 Å². The molecular formula is C22H21N5O2. The number of nitrogens with zero attached hydrogens (tertiary/aromatic N) is 4. The zero-order valence-electron chi connectivity index (χ0n) is 15.9. The monoisotopic (exact) mass is 387 g/mol. The van der Waals surface area contributed by atoms with Gasteiger partial charge in [-0.3, -0.25) is 9.59 Å². The molecule has 1 aromatic heterocycles. The number of para-hydroxylation sites is 1. The van der Waals surface area contributed by atoms with Crippen LogP contribution in [-0.2, 0) is 21.5 Å². The molecular weight excluding hydrogens is 366 g/mol. The average Bonchev–Trinajstić information content (AvgIpc) is 3.47. The molecule has 2 aliphatic heterocycles. The third-order valence-corrected chi connectivity index (χ3v) is 6.07. The summed E-state index contributed by atoms with van der Waals surface area (Å²) in [5.74, 6) is 0.00303. The minimum atomic E-state index is -0.760. The molecule has 1 spiro atoms. The van der Waals surface area contributed by atoms with Crippen LogP contribution in [0.3, 0.4) is 0 Å². The Morgan fingerprint density at radius 2 is 1.79 bits per heavy atom. The van der Waals surface area contributed by atoms with Gasteiger partial charge in [-0.1, -0.05) is 48.5 Å². The molecule has 3 heterocycles. The smallest absolute Gasteiger partial charge is 0.237 e. The van der Waals surface area contributed by atoms with Gasteiger partial charge in [-0.15, -0.1) is 10.2 Å². The normalized spacial score (nSPS) is 22.7. The highest BCUT2D eigenvalue weighted by Crippen LogP contribution is 2.54. The Bertz CT molecular complexity index is 1050. The minimum Gasteiger partial charge on any atom is -0.334 e. The lowest BCUT2D eigenvalue weighted by Gasteiger charge is -2.34. The molecule has 0 unspecified atom stereocenters. The van der Waals surface area contributed by atoms with Crippen molar-refractivity contribution in [1.82, 2.24) is 19.7 Å². The molecule has 29 heavy (non-hydrogen) atoms. The number of fused-ring (bicyclic) bond motifs is 2. The lowest BCUT2D eigenvalue weighted by Crippen LogP contribution is -2.42. The SMILES string of the molecule is O=C(CCn1cnnc1)N1CC[C@]2(C(=O)Nc3ccccc32)[C@@H]1c1ccccc1. The van der Waals surface area contributed by atoms with E-state index < -0.39 is 5.41 Å². The lowest BCUT2D eigenvalue weighted by atomic mass is 9.72. The van der Waals surface area contributed by atoms with Gasteiger partial charge in [0.1, 0.15) is 18.1 Å². The Hall–Kier alpha value is -3.48. The van der Waals surface area contributed by atoms with Crippen LogP contribution in [0.2, 0.25) is 0 Å². The van der Waals surface area contributed by atoms with Gasteiger partial charge in [-0.05, 0) is 23.6 Å². The number of rotatable bonds is 4. The van der Waals surface area contributed by atoms with Crippen molar-refractivity contribution >= 4 is 17.5 Å². The van der Waals surface area contributed by atoms with Gasteiger partial charge in [0.05, 0.1) is 6.04 Å². The summed E-state index contributed by atoms with van der Waals surface area (Å²) >= 11 is 0. The zero-order valence-corrected chi connectivity index (χ0v) is 15.9. The molecule has 5 rings (SSSR count). The molecule has 1 saturated heterocycles. The third-order valence-electron chi connectivity index (χ3n) is 6.07. The second-order valence-electron chi connectivity index (χ2n) is 7.57. The quantitative estimate of drug-likeness (QED) is 0.746. The standard InChI is InChI=1S/C22H21N5O2/c28-19(10-12-26-14-23-24-15-26)27-13-11-22(20(27)16-6-2-1-3-7-16)17-8-4-5-9-18(17)25-21(22)29/h1-9,14-15,20H,10-13H2,(H,25,29)/t20-,22+/m0/s1. The van der Waals surface area contributed by atoms with E-state index in [4.69, 9.17) is 0 Å². The predicted octanol–water partition coefficient (Wildman–Crippen LogP) is 2.53. The van der Waals surface area contributed by atoms with Crippen molar-refractivity contribution in [3.05, 3.63) is 78.4 Å². The van der Waals surface area contributed by atoms with E-state index in [2.05, 4.69) is 15.5 Å².